The van der Waals surface area contributed by atoms with E-state index in [4.69, 9.17) is 15.5 Å². The van der Waals surface area contributed by atoms with Crippen LogP contribution in [0.5, 0.6) is 0 Å². The number of nitrogen functional groups attached to an aromatic ring is 1. The molecular weight excluding hydrogens is 447 g/mol. The largest absolute Gasteiger partial charge is 0.381 e. The molecule has 3 aromatic heterocycles. The lowest BCUT2D eigenvalue weighted by molar-refractivity contribution is -0.127. The van der Waals surface area contributed by atoms with Crippen LogP contribution >= 0.6 is 0 Å². The van der Waals surface area contributed by atoms with Gasteiger partial charge in [-0.15, -0.1) is 5.10 Å². The van der Waals surface area contributed by atoms with E-state index in [0.717, 1.165) is 54.5 Å². The van der Waals surface area contributed by atoms with E-state index >= 15 is 0 Å². The maximum Gasteiger partial charge on any atom is 0.193 e. The van der Waals surface area contributed by atoms with Crippen LogP contribution < -0.4 is 10.6 Å². The zero-order valence-electron chi connectivity index (χ0n) is 19.6. The Kier molecular flexibility index (Phi) is 4.99. The summed E-state index contributed by atoms with van der Waals surface area (Å²) in [6, 6.07) is 11.7. The molecule has 0 saturated carbocycles. The second-order valence-electron chi connectivity index (χ2n) is 9.48. The molecule has 0 atom stereocenters. The summed E-state index contributed by atoms with van der Waals surface area (Å²) in [5, 5.41) is 8.33. The van der Waals surface area contributed by atoms with Crippen molar-refractivity contribution in [2.45, 2.75) is 20.4 Å². The number of halogens is 1. The molecule has 1 spiro atoms. The lowest BCUT2D eigenvalue weighted by Gasteiger charge is -2.55. The van der Waals surface area contributed by atoms with Gasteiger partial charge in [0.25, 0.3) is 0 Å². The molecule has 2 N–H and O–H groups in total. The number of hydrogen-bond donors (Lipinski definition) is 1. The van der Waals surface area contributed by atoms with Crippen LogP contribution in [0.15, 0.2) is 42.6 Å². The van der Waals surface area contributed by atoms with E-state index in [2.05, 4.69) is 25.2 Å². The Balaban J connectivity index is 1.25. The van der Waals surface area contributed by atoms with E-state index in [1.807, 2.05) is 50.2 Å². The van der Waals surface area contributed by atoms with Crippen LogP contribution in [0, 0.1) is 25.1 Å². The predicted molar refractivity (Wildman–Crippen MR) is 129 cm³/mol. The molecular formula is C25H25FN8O. The van der Waals surface area contributed by atoms with Gasteiger partial charge in [-0.3, -0.25) is 0 Å². The first kappa shape index (κ1) is 21.6. The fraction of sp³-hybridized carbons (Fsp3) is 0.320. The van der Waals surface area contributed by atoms with Crippen molar-refractivity contribution in [2.75, 3.05) is 36.9 Å². The van der Waals surface area contributed by atoms with Gasteiger partial charge in [0.15, 0.2) is 17.5 Å². The molecule has 2 aliphatic rings. The van der Waals surface area contributed by atoms with Crippen molar-refractivity contribution in [1.29, 1.82) is 0 Å². The molecule has 2 aliphatic heterocycles. The van der Waals surface area contributed by atoms with Gasteiger partial charge in [-0.1, -0.05) is 29.5 Å². The molecule has 0 radical (unpaired) electrons. The van der Waals surface area contributed by atoms with E-state index in [-0.39, 0.29) is 17.2 Å². The van der Waals surface area contributed by atoms with Crippen molar-refractivity contribution in [2.24, 2.45) is 5.41 Å². The molecule has 4 aromatic rings. The minimum Gasteiger partial charge on any atom is -0.381 e. The van der Waals surface area contributed by atoms with Gasteiger partial charge in [0.1, 0.15) is 17.2 Å². The standard InChI is InChI=1S/C25H25FN8O/c1-15-5-3-7-18(16(15)2)24-29-22(21(26)23(27)30-24)19-10-34(32-31-19)9-17-6-4-8-20(28-17)33-11-25(12-33)13-35-14-25/h3-8,10H,9,11-14H2,1-2H3,(H2,27,29,30). The van der Waals surface area contributed by atoms with E-state index < -0.39 is 5.82 Å². The first-order valence-corrected chi connectivity index (χ1v) is 11.5. The highest BCUT2D eigenvalue weighted by molar-refractivity contribution is 5.68. The molecule has 2 saturated heterocycles. The molecule has 35 heavy (non-hydrogen) atoms. The highest BCUT2D eigenvalue weighted by Gasteiger charge is 2.49. The molecule has 0 unspecified atom stereocenters. The van der Waals surface area contributed by atoms with Crippen molar-refractivity contribution < 1.29 is 9.13 Å². The van der Waals surface area contributed by atoms with E-state index in [1.165, 1.54) is 0 Å². The van der Waals surface area contributed by atoms with Gasteiger partial charge >= 0.3 is 0 Å². The van der Waals surface area contributed by atoms with Crippen LogP contribution in [0.4, 0.5) is 16.0 Å². The van der Waals surface area contributed by atoms with Crippen molar-refractivity contribution in [3.05, 3.63) is 65.2 Å². The highest BCUT2D eigenvalue weighted by atomic mass is 19.1. The zero-order chi connectivity index (χ0) is 24.2. The maximum atomic E-state index is 14.9. The van der Waals surface area contributed by atoms with Crippen LogP contribution in [0.2, 0.25) is 0 Å². The quantitative estimate of drug-likeness (QED) is 0.472. The van der Waals surface area contributed by atoms with E-state index in [0.29, 0.717) is 17.8 Å². The third-order valence-electron chi connectivity index (χ3n) is 6.81. The summed E-state index contributed by atoms with van der Waals surface area (Å²) in [5.41, 5.74) is 10.3. The summed E-state index contributed by atoms with van der Waals surface area (Å²) in [5.74, 6) is 0.360. The fourth-order valence-corrected chi connectivity index (χ4v) is 4.63. The Bertz CT molecular complexity index is 1420. The molecule has 2 fully saturated rings. The summed E-state index contributed by atoms with van der Waals surface area (Å²) < 4.78 is 21.9. The van der Waals surface area contributed by atoms with Crippen molar-refractivity contribution in [3.8, 4) is 22.8 Å². The monoisotopic (exact) mass is 472 g/mol. The van der Waals surface area contributed by atoms with Crippen LogP contribution in [0.3, 0.4) is 0 Å². The molecule has 9 nitrogen and oxygen atoms in total. The number of pyridine rings is 1. The van der Waals surface area contributed by atoms with Gasteiger partial charge < -0.3 is 15.4 Å². The molecule has 178 valence electrons. The lowest BCUT2D eigenvalue weighted by atomic mass is 9.78. The van der Waals surface area contributed by atoms with E-state index in [9.17, 15) is 4.39 Å². The number of rotatable bonds is 5. The van der Waals surface area contributed by atoms with Gasteiger partial charge in [-0.2, -0.15) is 0 Å². The molecule has 0 amide bonds. The van der Waals surface area contributed by atoms with Crippen LogP contribution in [-0.4, -0.2) is 56.2 Å². The number of aromatic nitrogens is 6. The van der Waals surface area contributed by atoms with Crippen molar-refractivity contribution >= 4 is 11.6 Å². The average molecular weight is 473 g/mol. The SMILES string of the molecule is Cc1cccc(-c2nc(N)c(F)c(-c3cn(Cc4cccc(N5CC6(COC6)C5)n4)nn3)n2)c1C. The predicted octanol–water partition coefficient (Wildman–Crippen LogP) is 3.02. The molecule has 6 rings (SSSR count). The topological polar surface area (TPSA) is 108 Å². The van der Waals surface area contributed by atoms with Gasteiger partial charge in [0.05, 0.1) is 37.1 Å². The van der Waals surface area contributed by atoms with Crippen LogP contribution in [-0.2, 0) is 11.3 Å². The summed E-state index contributed by atoms with van der Waals surface area (Å²) >= 11 is 0. The zero-order valence-corrected chi connectivity index (χ0v) is 19.6. The van der Waals surface area contributed by atoms with E-state index in [1.54, 1.807) is 10.9 Å². The number of benzene rings is 1. The van der Waals surface area contributed by atoms with Crippen molar-refractivity contribution in [3.63, 3.8) is 0 Å². The average Bonchev–Trinajstić information content (AvgIpc) is 3.24. The maximum absolute atomic E-state index is 14.9. The lowest BCUT2D eigenvalue weighted by Crippen LogP contribution is -2.66. The third-order valence-corrected chi connectivity index (χ3v) is 6.81. The summed E-state index contributed by atoms with van der Waals surface area (Å²) in [6.45, 7) is 7.98. The highest BCUT2D eigenvalue weighted by Crippen LogP contribution is 2.39. The first-order chi connectivity index (χ1) is 16.9. The number of hydrogen-bond acceptors (Lipinski definition) is 8. The van der Waals surface area contributed by atoms with Crippen molar-refractivity contribution in [1.82, 2.24) is 29.9 Å². The van der Waals surface area contributed by atoms with Crippen LogP contribution in [0.25, 0.3) is 22.8 Å². The number of nitrogens with two attached hydrogens (primary N) is 1. The molecule has 0 bridgehead atoms. The second-order valence-corrected chi connectivity index (χ2v) is 9.48. The minimum absolute atomic E-state index is 0.0231. The van der Waals surface area contributed by atoms with Gasteiger partial charge in [-0.25, -0.2) is 24.0 Å². The Hall–Kier alpha value is -3.92. The minimum atomic E-state index is -0.710. The second kappa shape index (κ2) is 8.09. The summed E-state index contributed by atoms with van der Waals surface area (Å²) in [4.78, 5) is 15.7. The smallest absolute Gasteiger partial charge is 0.193 e. The molecule has 10 heteroatoms. The first-order valence-electron chi connectivity index (χ1n) is 11.5. The third kappa shape index (κ3) is 3.79. The Morgan fingerprint density at radius 2 is 1.86 bits per heavy atom. The number of anilines is 2. The Labute approximate surface area is 201 Å². The molecule has 0 aliphatic carbocycles. The number of nitrogens with zero attached hydrogens (tertiary/aromatic N) is 7. The fourth-order valence-electron chi connectivity index (χ4n) is 4.63. The Morgan fingerprint density at radius 1 is 1.06 bits per heavy atom. The molecule has 1 aromatic carbocycles. The van der Waals surface area contributed by atoms with Crippen LogP contribution in [0.1, 0.15) is 16.8 Å². The van der Waals surface area contributed by atoms with Gasteiger partial charge in [-0.05, 0) is 37.1 Å². The Morgan fingerprint density at radius 3 is 2.63 bits per heavy atom. The van der Waals surface area contributed by atoms with Gasteiger partial charge in [0.2, 0.25) is 0 Å². The summed E-state index contributed by atoms with van der Waals surface area (Å²) in [7, 11) is 0. The number of aryl methyl sites for hydroxylation is 1. The number of ether oxygens (including phenoxy) is 1. The summed E-state index contributed by atoms with van der Waals surface area (Å²) in [6.07, 6.45) is 1.65. The van der Waals surface area contributed by atoms with Gasteiger partial charge in [0, 0.05) is 18.7 Å². The molecule has 5 heterocycles. The normalized spacial score (nSPS) is 16.3.